The number of nitrogens with two attached hydrogens (primary N) is 1. The lowest BCUT2D eigenvalue weighted by atomic mass is 10.0. The van der Waals surface area contributed by atoms with Gasteiger partial charge in [-0.05, 0) is 6.42 Å². The SMILES string of the molecule is CCCCCCCCCCCCCCCCCCCCCCCCC(=O)N[C@@H](CC(N)=O)C(=O)O. The van der Waals surface area contributed by atoms with E-state index in [4.69, 9.17) is 10.8 Å². The highest BCUT2D eigenvalue weighted by atomic mass is 16.4. The first-order chi connectivity index (χ1) is 17.0. The van der Waals surface area contributed by atoms with Gasteiger partial charge < -0.3 is 16.2 Å². The smallest absolute Gasteiger partial charge is 0.326 e. The molecular weight excluding hydrogens is 440 g/mol. The van der Waals surface area contributed by atoms with Crippen LogP contribution in [0.3, 0.4) is 0 Å². The molecule has 0 fully saturated rings. The number of carboxylic acid groups (broad SMARTS) is 1. The van der Waals surface area contributed by atoms with Crippen LogP contribution in [-0.2, 0) is 14.4 Å². The standard InChI is InChI=1S/C29H56N2O4/c1-2-3-4-5-6-7-8-9-10-11-12-13-14-15-16-17-18-19-20-21-22-23-24-28(33)31-26(29(34)35)25-27(30)32/h26H,2-25H2,1H3,(H2,30,32)(H,31,33)(H,34,35)/t26-/m0/s1. The summed E-state index contributed by atoms with van der Waals surface area (Å²) < 4.78 is 0. The monoisotopic (exact) mass is 496 g/mol. The highest BCUT2D eigenvalue weighted by molar-refractivity contribution is 5.88. The summed E-state index contributed by atoms with van der Waals surface area (Å²) in [6, 6.07) is -1.22. The zero-order valence-corrected chi connectivity index (χ0v) is 22.8. The van der Waals surface area contributed by atoms with Crippen LogP contribution in [0.25, 0.3) is 0 Å². The molecule has 206 valence electrons. The Hall–Kier alpha value is -1.59. The molecule has 0 saturated heterocycles. The molecule has 0 bridgehead atoms. The highest BCUT2D eigenvalue weighted by Gasteiger charge is 2.21. The molecule has 0 aromatic heterocycles. The summed E-state index contributed by atoms with van der Waals surface area (Å²) in [6.07, 6.45) is 29.0. The second kappa shape index (κ2) is 25.5. The van der Waals surface area contributed by atoms with Crippen LogP contribution in [0.2, 0.25) is 0 Å². The Bertz CT molecular complexity index is 525. The number of carbonyl (C=O) groups is 3. The van der Waals surface area contributed by atoms with Crippen molar-refractivity contribution in [3.8, 4) is 0 Å². The fourth-order valence-electron chi connectivity index (χ4n) is 4.56. The minimum absolute atomic E-state index is 0.293. The average Bonchev–Trinajstić information content (AvgIpc) is 2.81. The predicted molar refractivity (Wildman–Crippen MR) is 145 cm³/mol. The number of hydrogen-bond acceptors (Lipinski definition) is 3. The van der Waals surface area contributed by atoms with Crippen LogP contribution in [0, 0.1) is 0 Å². The molecule has 1 atom stereocenters. The molecule has 0 saturated carbocycles. The van der Waals surface area contributed by atoms with E-state index in [0.717, 1.165) is 19.3 Å². The van der Waals surface area contributed by atoms with Gasteiger partial charge in [0.05, 0.1) is 6.42 Å². The zero-order chi connectivity index (χ0) is 26.0. The minimum Gasteiger partial charge on any atom is -0.480 e. The van der Waals surface area contributed by atoms with Crippen molar-refractivity contribution in [3.63, 3.8) is 0 Å². The number of primary amides is 1. The molecule has 0 rings (SSSR count). The summed E-state index contributed by atoms with van der Waals surface area (Å²) in [4.78, 5) is 33.7. The Kier molecular flexibility index (Phi) is 24.3. The van der Waals surface area contributed by atoms with Crippen LogP contribution in [0.4, 0.5) is 0 Å². The first-order valence-corrected chi connectivity index (χ1v) is 14.8. The van der Waals surface area contributed by atoms with Crippen molar-refractivity contribution in [1.29, 1.82) is 0 Å². The minimum atomic E-state index is -1.23. The van der Waals surface area contributed by atoms with E-state index in [9.17, 15) is 14.4 Å². The van der Waals surface area contributed by atoms with Crippen LogP contribution < -0.4 is 11.1 Å². The molecule has 4 N–H and O–H groups in total. The van der Waals surface area contributed by atoms with Gasteiger partial charge in [0.2, 0.25) is 11.8 Å². The van der Waals surface area contributed by atoms with Crippen molar-refractivity contribution in [2.24, 2.45) is 5.73 Å². The molecule has 0 aromatic rings. The van der Waals surface area contributed by atoms with Gasteiger partial charge in [0.15, 0.2) is 0 Å². The van der Waals surface area contributed by atoms with Gasteiger partial charge in [-0.15, -0.1) is 0 Å². The number of amides is 2. The number of nitrogens with one attached hydrogen (secondary N) is 1. The van der Waals surface area contributed by atoms with Crippen molar-refractivity contribution in [1.82, 2.24) is 5.32 Å². The van der Waals surface area contributed by atoms with Crippen molar-refractivity contribution in [2.75, 3.05) is 0 Å². The van der Waals surface area contributed by atoms with Crippen molar-refractivity contribution >= 4 is 17.8 Å². The quantitative estimate of drug-likeness (QED) is 0.103. The molecule has 0 aliphatic heterocycles. The second-order valence-electron chi connectivity index (χ2n) is 10.3. The molecule has 0 heterocycles. The van der Waals surface area contributed by atoms with Gasteiger partial charge in [0, 0.05) is 6.42 Å². The number of carboxylic acids is 1. The van der Waals surface area contributed by atoms with E-state index in [1.165, 1.54) is 122 Å². The summed E-state index contributed by atoms with van der Waals surface area (Å²) in [5, 5.41) is 11.4. The number of carbonyl (C=O) groups excluding carboxylic acids is 2. The maximum absolute atomic E-state index is 11.8. The number of rotatable bonds is 27. The normalized spacial score (nSPS) is 11.9. The maximum atomic E-state index is 11.8. The third-order valence-corrected chi connectivity index (χ3v) is 6.80. The van der Waals surface area contributed by atoms with E-state index in [1.807, 2.05) is 0 Å². The van der Waals surface area contributed by atoms with Crippen LogP contribution in [0.5, 0.6) is 0 Å². The number of unbranched alkanes of at least 4 members (excludes halogenated alkanes) is 21. The molecule has 6 heteroatoms. The molecule has 0 unspecified atom stereocenters. The third-order valence-electron chi connectivity index (χ3n) is 6.80. The molecule has 6 nitrogen and oxygen atoms in total. The molecule has 35 heavy (non-hydrogen) atoms. The van der Waals surface area contributed by atoms with E-state index >= 15 is 0 Å². The lowest BCUT2D eigenvalue weighted by Gasteiger charge is -2.12. The van der Waals surface area contributed by atoms with Crippen LogP contribution in [-0.4, -0.2) is 28.9 Å². The Morgan fingerprint density at radius 3 is 1.20 bits per heavy atom. The van der Waals surface area contributed by atoms with Crippen LogP contribution in [0.1, 0.15) is 161 Å². The van der Waals surface area contributed by atoms with E-state index in [2.05, 4.69) is 12.2 Å². The fourth-order valence-corrected chi connectivity index (χ4v) is 4.56. The fraction of sp³-hybridized carbons (Fsp3) is 0.897. The molecule has 0 aromatic carbocycles. The van der Waals surface area contributed by atoms with Gasteiger partial charge in [-0.25, -0.2) is 4.79 Å². The molecule has 0 spiro atoms. The highest BCUT2D eigenvalue weighted by Crippen LogP contribution is 2.15. The first kappa shape index (κ1) is 33.4. The van der Waals surface area contributed by atoms with Crippen molar-refractivity contribution < 1.29 is 19.5 Å². The molecule has 0 radical (unpaired) electrons. The first-order valence-electron chi connectivity index (χ1n) is 14.8. The molecule has 0 aliphatic carbocycles. The van der Waals surface area contributed by atoms with Gasteiger partial charge in [-0.1, -0.05) is 142 Å². The summed E-state index contributed by atoms with van der Waals surface area (Å²) in [5.41, 5.74) is 5.01. The van der Waals surface area contributed by atoms with E-state index in [-0.39, 0.29) is 12.3 Å². The van der Waals surface area contributed by atoms with Crippen LogP contribution in [0.15, 0.2) is 0 Å². The lowest BCUT2D eigenvalue weighted by molar-refractivity contribution is -0.143. The van der Waals surface area contributed by atoms with Crippen LogP contribution >= 0.6 is 0 Å². The van der Waals surface area contributed by atoms with Gasteiger partial charge in [-0.2, -0.15) is 0 Å². The Morgan fingerprint density at radius 2 is 0.914 bits per heavy atom. The van der Waals surface area contributed by atoms with Gasteiger partial charge in [0.25, 0.3) is 0 Å². The van der Waals surface area contributed by atoms with Gasteiger partial charge in [-0.3, -0.25) is 9.59 Å². The summed E-state index contributed by atoms with van der Waals surface area (Å²) in [6.45, 7) is 2.28. The Labute approximate surface area is 215 Å². The second-order valence-corrected chi connectivity index (χ2v) is 10.3. The Balaban J connectivity index is 3.29. The number of hydrogen-bond donors (Lipinski definition) is 3. The Morgan fingerprint density at radius 1 is 0.600 bits per heavy atom. The molecule has 2 amide bonds. The van der Waals surface area contributed by atoms with E-state index in [1.54, 1.807) is 0 Å². The summed E-state index contributed by atoms with van der Waals surface area (Å²) in [5.74, 6) is -2.29. The summed E-state index contributed by atoms with van der Waals surface area (Å²) in [7, 11) is 0. The topological polar surface area (TPSA) is 109 Å². The van der Waals surface area contributed by atoms with Crippen molar-refractivity contribution in [2.45, 2.75) is 167 Å². The van der Waals surface area contributed by atoms with Crippen molar-refractivity contribution in [3.05, 3.63) is 0 Å². The number of aliphatic carboxylic acids is 1. The van der Waals surface area contributed by atoms with Gasteiger partial charge in [0.1, 0.15) is 6.04 Å². The van der Waals surface area contributed by atoms with E-state index in [0.29, 0.717) is 6.42 Å². The molecular formula is C29H56N2O4. The van der Waals surface area contributed by atoms with E-state index < -0.39 is 17.9 Å². The third kappa shape index (κ3) is 25.3. The maximum Gasteiger partial charge on any atom is 0.326 e. The largest absolute Gasteiger partial charge is 0.480 e. The zero-order valence-electron chi connectivity index (χ0n) is 22.8. The summed E-state index contributed by atoms with van der Waals surface area (Å²) >= 11 is 0. The average molecular weight is 497 g/mol. The molecule has 0 aliphatic rings. The predicted octanol–water partition coefficient (Wildman–Crippen LogP) is 7.42. The van der Waals surface area contributed by atoms with Gasteiger partial charge >= 0.3 is 5.97 Å². The lowest BCUT2D eigenvalue weighted by Crippen LogP contribution is -2.43.